The Kier molecular flexibility index (Phi) is 8.85. The Morgan fingerprint density at radius 2 is 1.33 bits per heavy atom. The second-order valence-electron chi connectivity index (χ2n) is 4.99. The average Bonchev–Trinajstić information content (AvgIpc) is 2.21. The van der Waals surface area contributed by atoms with Crippen molar-refractivity contribution in [3.8, 4) is 0 Å². The van der Waals surface area contributed by atoms with Crippen molar-refractivity contribution in [1.29, 1.82) is 0 Å². The highest BCUT2D eigenvalue weighted by molar-refractivity contribution is 5.14. The summed E-state index contributed by atoms with van der Waals surface area (Å²) in [7, 11) is 0. The fraction of sp³-hybridized carbons (Fsp3) is 0.867. The van der Waals surface area contributed by atoms with Crippen LogP contribution in [0.5, 0.6) is 0 Å². The smallest absolute Gasteiger partial charge is 0.0315 e. The maximum Gasteiger partial charge on any atom is -0.0315 e. The van der Waals surface area contributed by atoms with E-state index in [-0.39, 0.29) is 0 Å². The van der Waals surface area contributed by atoms with Gasteiger partial charge in [-0.25, -0.2) is 0 Å². The second kappa shape index (κ2) is 9.00. The van der Waals surface area contributed by atoms with Crippen molar-refractivity contribution in [3.63, 3.8) is 0 Å². The molecule has 0 unspecified atom stereocenters. The van der Waals surface area contributed by atoms with Crippen molar-refractivity contribution in [2.75, 3.05) is 0 Å². The highest BCUT2D eigenvalue weighted by atomic mass is 14.1. The molecule has 0 aromatic rings. The molecule has 0 N–H and O–H groups in total. The van der Waals surface area contributed by atoms with Crippen LogP contribution in [0.4, 0.5) is 0 Å². The first-order valence-corrected chi connectivity index (χ1v) is 6.85. The van der Waals surface area contributed by atoms with Crippen molar-refractivity contribution in [1.82, 2.24) is 0 Å². The lowest BCUT2D eigenvalue weighted by atomic mass is 9.92. The summed E-state index contributed by atoms with van der Waals surface area (Å²) in [6, 6.07) is 0. The van der Waals surface area contributed by atoms with E-state index < -0.39 is 0 Å². The normalized spacial score (nSPS) is 13.2. The fourth-order valence-corrected chi connectivity index (χ4v) is 2.15. The van der Waals surface area contributed by atoms with Crippen LogP contribution in [0.3, 0.4) is 0 Å². The van der Waals surface area contributed by atoms with E-state index in [0.717, 1.165) is 5.92 Å². The van der Waals surface area contributed by atoms with E-state index in [1.165, 1.54) is 44.9 Å². The predicted octanol–water partition coefficient (Wildman–Crippen LogP) is 5.73. The van der Waals surface area contributed by atoms with Gasteiger partial charge in [-0.3, -0.25) is 0 Å². The lowest BCUT2D eigenvalue weighted by Crippen LogP contribution is -1.96. The zero-order valence-corrected chi connectivity index (χ0v) is 11.5. The zero-order chi connectivity index (χ0) is 11.7. The molecule has 0 bridgehead atoms. The molecule has 0 saturated heterocycles. The predicted molar refractivity (Wildman–Crippen MR) is 71.2 cm³/mol. The Hall–Kier alpha value is -0.260. The minimum atomic E-state index is 0.844. The molecule has 0 amide bonds. The molecule has 0 aromatic carbocycles. The van der Waals surface area contributed by atoms with Crippen LogP contribution in [-0.4, -0.2) is 0 Å². The number of rotatable bonds is 8. The molecule has 90 valence electrons. The Bertz CT molecular complexity index is 174. The van der Waals surface area contributed by atoms with Gasteiger partial charge in [0.05, 0.1) is 0 Å². The molecular formula is C15H30. The van der Waals surface area contributed by atoms with E-state index in [0.29, 0.717) is 0 Å². The van der Waals surface area contributed by atoms with Gasteiger partial charge in [-0.05, 0) is 38.0 Å². The van der Waals surface area contributed by atoms with E-state index in [4.69, 9.17) is 0 Å². The zero-order valence-electron chi connectivity index (χ0n) is 11.5. The van der Waals surface area contributed by atoms with Gasteiger partial charge in [-0.1, -0.05) is 58.6 Å². The third-order valence-electron chi connectivity index (χ3n) is 3.05. The van der Waals surface area contributed by atoms with E-state index in [2.05, 4.69) is 34.6 Å². The van der Waals surface area contributed by atoms with Gasteiger partial charge in [0.2, 0.25) is 0 Å². The molecule has 0 spiro atoms. The van der Waals surface area contributed by atoms with Crippen molar-refractivity contribution in [3.05, 3.63) is 11.1 Å². The molecule has 0 radical (unpaired) electrons. The van der Waals surface area contributed by atoms with Crippen LogP contribution in [0, 0.1) is 5.92 Å². The molecular weight excluding hydrogens is 180 g/mol. The number of allylic oxidation sites excluding steroid dienone is 2. The molecule has 0 aliphatic heterocycles. The second-order valence-corrected chi connectivity index (χ2v) is 4.99. The number of hydrogen-bond donors (Lipinski definition) is 0. The van der Waals surface area contributed by atoms with Crippen LogP contribution < -0.4 is 0 Å². The van der Waals surface area contributed by atoms with Crippen LogP contribution in [0.25, 0.3) is 0 Å². The molecule has 0 rings (SSSR count). The first kappa shape index (κ1) is 14.7. The van der Waals surface area contributed by atoms with Crippen LogP contribution in [0.1, 0.15) is 79.6 Å². The SMILES string of the molecule is CCC/C(CC)=C(\CCC)CCC(C)C. The molecule has 0 aromatic heterocycles. The van der Waals surface area contributed by atoms with Gasteiger partial charge in [-0.2, -0.15) is 0 Å². The lowest BCUT2D eigenvalue weighted by molar-refractivity contribution is 0.570. The Balaban J connectivity index is 4.41. The summed E-state index contributed by atoms with van der Waals surface area (Å²) in [5.74, 6) is 0.844. The quantitative estimate of drug-likeness (QED) is 0.449. The maximum absolute atomic E-state index is 2.33. The maximum atomic E-state index is 2.33. The van der Waals surface area contributed by atoms with Crippen molar-refractivity contribution >= 4 is 0 Å². The topological polar surface area (TPSA) is 0 Å². The molecule has 0 heteroatoms. The van der Waals surface area contributed by atoms with Gasteiger partial charge in [0.15, 0.2) is 0 Å². The molecule has 0 atom stereocenters. The van der Waals surface area contributed by atoms with Crippen LogP contribution >= 0.6 is 0 Å². The fourth-order valence-electron chi connectivity index (χ4n) is 2.15. The standard InChI is InChI=1S/C15H30/c1-6-9-14(8-3)15(10-7-2)12-11-13(4)5/h13H,6-12H2,1-5H3/b15-14+. The third-order valence-corrected chi connectivity index (χ3v) is 3.05. The summed E-state index contributed by atoms with van der Waals surface area (Å²) < 4.78 is 0. The third kappa shape index (κ3) is 6.76. The van der Waals surface area contributed by atoms with E-state index in [1.54, 1.807) is 11.1 Å². The first-order chi connectivity index (χ1) is 7.15. The highest BCUT2D eigenvalue weighted by Crippen LogP contribution is 2.24. The molecule has 0 saturated carbocycles. The van der Waals surface area contributed by atoms with Gasteiger partial charge in [0.1, 0.15) is 0 Å². The summed E-state index contributed by atoms with van der Waals surface area (Å²) >= 11 is 0. The first-order valence-electron chi connectivity index (χ1n) is 6.85. The minimum absolute atomic E-state index is 0.844. The summed E-state index contributed by atoms with van der Waals surface area (Å²) in [6.07, 6.45) is 9.23. The molecule has 0 nitrogen and oxygen atoms in total. The lowest BCUT2D eigenvalue weighted by Gasteiger charge is -2.14. The minimum Gasteiger partial charge on any atom is -0.0713 e. The largest absolute Gasteiger partial charge is 0.0713 e. The average molecular weight is 210 g/mol. The summed E-state index contributed by atoms with van der Waals surface area (Å²) in [6.45, 7) is 11.6. The van der Waals surface area contributed by atoms with Crippen molar-refractivity contribution in [2.45, 2.75) is 79.6 Å². The van der Waals surface area contributed by atoms with Gasteiger partial charge in [0, 0.05) is 0 Å². The van der Waals surface area contributed by atoms with E-state index in [1.807, 2.05) is 0 Å². The van der Waals surface area contributed by atoms with Crippen LogP contribution in [0.15, 0.2) is 11.1 Å². The Labute approximate surface area is 97.2 Å². The van der Waals surface area contributed by atoms with Crippen molar-refractivity contribution in [2.24, 2.45) is 5.92 Å². The van der Waals surface area contributed by atoms with Crippen LogP contribution in [0.2, 0.25) is 0 Å². The molecule has 0 aliphatic carbocycles. The molecule has 0 fully saturated rings. The van der Waals surface area contributed by atoms with Gasteiger partial charge < -0.3 is 0 Å². The van der Waals surface area contributed by atoms with E-state index in [9.17, 15) is 0 Å². The monoisotopic (exact) mass is 210 g/mol. The van der Waals surface area contributed by atoms with Gasteiger partial charge >= 0.3 is 0 Å². The highest BCUT2D eigenvalue weighted by Gasteiger charge is 2.05. The number of hydrogen-bond acceptors (Lipinski definition) is 0. The summed E-state index contributed by atoms with van der Waals surface area (Å²) in [5.41, 5.74) is 3.52. The van der Waals surface area contributed by atoms with E-state index >= 15 is 0 Å². The summed E-state index contributed by atoms with van der Waals surface area (Å²) in [4.78, 5) is 0. The molecule has 0 aliphatic rings. The molecule has 15 heavy (non-hydrogen) atoms. The van der Waals surface area contributed by atoms with Gasteiger partial charge in [0.25, 0.3) is 0 Å². The Morgan fingerprint density at radius 1 is 0.800 bits per heavy atom. The molecule has 0 heterocycles. The van der Waals surface area contributed by atoms with Crippen LogP contribution in [-0.2, 0) is 0 Å². The van der Waals surface area contributed by atoms with Crippen molar-refractivity contribution < 1.29 is 0 Å². The summed E-state index contributed by atoms with van der Waals surface area (Å²) in [5, 5.41) is 0. The van der Waals surface area contributed by atoms with Gasteiger partial charge in [-0.15, -0.1) is 0 Å². The Morgan fingerprint density at radius 3 is 1.73 bits per heavy atom.